The van der Waals surface area contributed by atoms with Gasteiger partial charge in [0.15, 0.2) is 0 Å². The second-order valence-electron chi connectivity index (χ2n) is 4.21. The molecule has 0 aliphatic carbocycles. The summed E-state index contributed by atoms with van der Waals surface area (Å²) in [4.78, 5) is 2.70. The number of hydrogen-bond acceptors (Lipinski definition) is 2. The highest BCUT2D eigenvalue weighted by molar-refractivity contribution is 5.02. The van der Waals surface area contributed by atoms with Crippen molar-refractivity contribution < 1.29 is 0 Å². The molecule has 4 saturated heterocycles. The fraction of sp³-hybridized carbons (Fsp3) is 1.00. The van der Waals surface area contributed by atoms with Crippen molar-refractivity contribution in [1.82, 2.24) is 10.2 Å². The normalized spacial score (nSPS) is 54.5. The lowest BCUT2D eigenvalue weighted by molar-refractivity contribution is 0.0360. The molecule has 0 aromatic rings. The Bertz CT molecular complexity index is 143. The zero-order chi connectivity index (χ0) is 7.26. The van der Waals surface area contributed by atoms with Crippen LogP contribution in [0.3, 0.4) is 0 Å². The van der Waals surface area contributed by atoms with E-state index in [0.29, 0.717) is 0 Å². The summed E-state index contributed by atoms with van der Waals surface area (Å²) in [6.45, 7) is 4.03. The van der Waals surface area contributed by atoms with Crippen LogP contribution in [-0.4, -0.2) is 36.6 Å². The Morgan fingerprint density at radius 1 is 1.09 bits per heavy atom. The van der Waals surface area contributed by atoms with Gasteiger partial charge in [0.2, 0.25) is 0 Å². The van der Waals surface area contributed by atoms with Gasteiger partial charge in [0, 0.05) is 12.1 Å². The van der Waals surface area contributed by atoms with E-state index in [9.17, 15) is 0 Å². The molecule has 1 N–H and O–H groups in total. The molecule has 0 aromatic heterocycles. The van der Waals surface area contributed by atoms with E-state index >= 15 is 0 Å². The van der Waals surface area contributed by atoms with Crippen LogP contribution in [0.2, 0.25) is 0 Å². The van der Waals surface area contributed by atoms with Gasteiger partial charge in [0.05, 0.1) is 0 Å². The van der Waals surface area contributed by atoms with Crippen LogP contribution in [0.15, 0.2) is 0 Å². The van der Waals surface area contributed by atoms with Gasteiger partial charge in [-0.05, 0) is 44.8 Å². The molecular weight excluding hydrogens is 136 g/mol. The van der Waals surface area contributed by atoms with Crippen molar-refractivity contribution in [3.05, 3.63) is 0 Å². The molecule has 2 nitrogen and oxygen atoms in total. The predicted molar refractivity (Wildman–Crippen MR) is 44.5 cm³/mol. The van der Waals surface area contributed by atoms with Crippen LogP contribution in [0.25, 0.3) is 0 Å². The highest BCUT2D eigenvalue weighted by Crippen LogP contribution is 2.35. The summed E-state index contributed by atoms with van der Waals surface area (Å²) < 4.78 is 0. The molecule has 11 heavy (non-hydrogen) atoms. The maximum atomic E-state index is 3.65. The molecule has 2 atom stereocenters. The first-order valence-corrected chi connectivity index (χ1v) is 4.92. The smallest absolute Gasteiger partial charge is 0.0264 e. The van der Waals surface area contributed by atoms with Crippen LogP contribution in [0, 0.1) is 5.92 Å². The van der Waals surface area contributed by atoms with Gasteiger partial charge < -0.3 is 5.32 Å². The fourth-order valence-electron chi connectivity index (χ4n) is 3.21. The second kappa shape index (κ2) is 2.20. The standard InChI is InChI=1S/C9H16N2/c1-4-10-9-7-2-5-11(6-3-7)8(1)9/h7-10H,1-6H2. The lowest BCUT2D eigenvalue weighted by atomic mass is 9.80. The number of nitrogens with one attached hydrogen (secondary N) is 1. The molecule has 0 spiro atoms. The predicted octanol–water partition coefficient (Wildman–Crippen LogP) is 0.443. The van der Waals surface area contributed by atoms with Gasteiger partial charge in [-0.3, -0.25) is 4.90 Å². The first kappa shape index (κ1) is 6.44. The lowest BCUT2D eigenvalue weighted by Gasteiger charge is -2.48. The van der Waals surface area contributed by atoms with Gasteiger partial charge in [-0.2, -0.15) is 0 Å². The topological polar surface area (TPSA) is 15.3 Å². The van der Waals surface area contributed by atoms with E-state index in [1.807, 2.05) is 0 Å². The van der Waals surface area contributed by atoms with E-state index < -0.39 is 0 Å². The van der Waals surface area contributed by atoms with Crippen LogP contribution in [-0.2, 0) is 0 Å². The molecule has 4 heterocycles. The Kier molecular flexibility index (Phi) is 1.29. The van der Waals surface area contributed by atoms with Crippen molar-refractivity contribution in [2.45, 2.75) is 31.3 Å². The van der Waals surface area contributed by atoms with Crippen LogP contribution >= 0.6 is 0 Å². The molecule has 2 unspecified atom stereocenters. The number of hydrogen-bond donors (Lipinski definition) is 1. The minimum absolute atomic E-state index is 0.873. The zero-order valence-corrected chi connectivity index (χ0v) is 6.92. The molecule has 2 heteroatoms. The van der Waals surface area contributed by atoms with Crippen molar-refractivity contribution in [2.24, 2.45) is 5.92 Å². The third kappa shape index (κ3) is 0.798. The molecule has 4 rings (SSSR count). The maximum Gasteiger partial charge on any atom is 0.0264 e. The summed E-state index contributed by atoms with van der Waals surface area (Å²) in [7, 11) is 0. The molecule has 0 amide bonds. The SMILES string of the molecule is C1CC2C(N1)C1CCN2CC1. The van der Waals surface area contributed by atoms with E-state index in [-0.39, 0.29) is 0 Å². The summed E-state index contributed by atoms with van der Waals surface area (Å²) in [6.07, 6.45) is 4.31. The van der Waals surface area contributed by atoms with Gasteiger partial charge in [-0.25, -0.2) is 0 Å². The van der Waals surface area contributed by atoms with Crippen molar-refractivity contribution in [3.8, 4) is 0 Å². The number of piperidine rings is 3. The van der Waals surface area contributed by atoms with Gasteiger partial charge >= 0.3 is 0 Å². The molecule has 62 valence electrons. The summed E-state index contributed by atoms with van der Waals surface area (Å²) in [5.41, 5.74) is 0. The Morgan fingerprint density at radius 3 is 2.64 bits per heavy atom. The average Bonchev–Trinajstić information content (AvgIpc) is 2.55. The van der Waals surface area contributed by atoms with Crippen LogP contribution < -0.4 is 5.32 Å². The van der Waals surface area contributed by atoms with E-state index in [1.165, 1.54) is 38.9 Å². The Hall–Kier alpha value is -0.0800. The number of nitrogens with zero attached hydrogens (tertiary/aromatic N) is 1. The Labute approximate surface area is 68.0 Å². The first-order valence-electron chi connectivity index (χ1n) is 4.92. The highest BCUT2D eigenvalue weighted by atomic mass is 15.2. The van der Waals surface area contributed by atoms with Crippen LogP contribution in [0.5, 0.6) is 0 Å². The minimum atomic E-state index is 0.873. The monoisotopic (exact) mass is 152 g/mol. The minimum Gasteiger partial charge on any atom is -0.312 e. The molecule has 2 bridgehead atoms. The third-order valence-electron chi connectivity index (χ3n) is 3.79. The zero-order valence-electron chi connectivity index (χ0n) is 6.92. The molecule has 4 fully saturated rings. The molecule has 0 saturated carbocycles. The largest absolute Gasteiger partial charge is 0.312 e. The summed E-state index contributed by atoms with van der Waals surface area (Å²) >= 11 is 0. The van der Waals surface area contributed by atoms with Crippen molar-refractivity contribution in [2.75, 3.05) is 19.6 Å². The summed E-state index contributed by atoms with van der Waals surface area (Å²) in [6, 6.07) is 1.79. The van der Waals surface area contributed by atoms with E-state index in [2.05, 4.69) is 10.2 Å². The van der Waals surface area contributed by atoms with E-state index in [1.54, 1.807) is 0 Å². The third-order valence-corrected chi connectivity index (χ3v) is 3.79. The van der Waals surface area contributed by atoms with E-state index in [4.69, 9.17) is 0 Å². The van der Waals surface area contributed by atoms with Gasteiger partial charge in [-0.15, -0.1) is 0 Å². The van der Waals surface area contributed by atoms with Crippen molar-refractivity contribution in [1.29, 1.82) is 0 Å². The first-order chi connectivity index (χ1) is 5.45. The molecule has 0 radical (unpaired) electrons. The lowest BCUT2D eigenvalue weighted by Crippen LogP contribution is -2.58. The summed E-state index contributed by atoms with van der Waals surface area (Å²) in [5, 5.41) is 3.65. The van der Waals surface area contributed by atoms with Gasteiger partial charge in [-0.1, -0.05) is 0 Å². The van der Waals surface area contributed by atoms with Crippen molar-refractivity contribution in [3.63, 3.8) is 0 Å². The molecule has 4 aliphatic heterocycles. The second-order valence-corrected chi connectivity index (χ2v) is 4.21. The molecule has 0 aromatic carbocycles. The molecule has 4 aliphatic rings. The molecular formula is C9H16N2. The quantitative estimate of drug-likeness (QED) is 0.542. The number of rotatable bonds is 0. The van der Waals surface area contributed by atoms with Crippen molar-refractivity contribution >= 4 is 0 Å². The van der Waals surface area contributed by atoms with E-state index in [0.717, 1.165) is 18.0 Å². The average molecular weight is 152 g/mol. The summed E-state index contributed by atoms with van der Waals surface area (Å²) in [5.74, 6) is 1.02. The number of fused-ring (bicyclic) bond motifs is 2. The van der Waals surface area contributed by atoms with Crippen LogP contribution in [0.4, 0.5) is 0 Å². The van der Waals surface area contributed by atoms with Crippen LogP contribution in [0.1, 0.15) is 19.3 Å². The van der Waals surface area contributed by atoms with Gasteiger partial charge in [0.25, 0.3) is 0 Å². The highest BCUT2D eigenvalue weighted by Gasteiger charge is 2.43. The maximum absolute atomic E-state index is 3.65. The fourth-order valence-corrected chi connectivity index (χ4v) is 3.21. The Morgan fingerprint density at radius 2 is 1.91 bits per heavy atom. The van der Waals surface area contributed by atoms with Gasteiger partial charge in [0.1, 0.15) is 0 Å². The Balaban J connectivity index is 1.89.